The molecule has 1 aromatic heterocycles. The van der Waals surface area contributed by atoms with Gasteiger partial charge in [0.15, 0.2) is 5.82 Å². The van der Waals surface area contributed by atoms with Gasteiger partial charge >= 0.3 is 0 Å². The Kier molecular flexibility index (Phi) is 3.87. The summed E-state index contributed by atoms with van der Waals surface area (Å²) < 4.78 is 0. The molecule has 0 saturated carbocycles. The maximum Gasteiger partial charge on any atom is 0.224 e. The molecule has 14 heavy (non-hydrogen) atoms. The van der Waals surface area contributed by atoms with Crippen LogP contribution in [0.3, 0.4) is 0 Å². The van der Waals surface area contributed by atoms with Crippen molar-refractivity contribution in [2.45, 2.75) is 6.04 Å². The second-order valence-corrected chi connectivity index (χ2v) is 2.99. The van der Waals surface area contributed by atoms with Crippen molar-refractivity contribution in [2.24, 2.45) is 0 Å². The molecule has 5 N–H and O–H groups in total. The fourth-order valence-corrected chi connectivity index (χ4v) is 0.961. The van der Waals surface area contributed by atoms with E-state index in [1.807, 2.05) is 0 Å². The third kappa shape index (κ3) is 2.69. The number of nitrogens with one attached hydrogen (secondary N) is 1. The van der Waals surface area contributed by atoms with Crippen molar-refractivity contribution in [1.82, 2.24) is 9.97 Å². The van der Waals surface area contributed by atoms with Gasteiger partial charge in [0.05, 0.1) is 31.1 Å². The Morgan fingerprint density at radius 2 is 2.14 bits per heavy atom. The lowest BCUT2D eigenvalue weighted by molar-refractivity contribution is 0.203. The molecule has 1 heterocycles. The number of aromatic nitrogens is 2. The SMILES string of the molecule is Nc1cnc(Cl)nc1NC(CO)CO. The van der Waals surface area contributed by atoms with Crippen LogP contribution in [0, 0.1) is 0 Å². The van der Waals surface area contributed by atoms with Gasteiger partial charge < -0.3 is 21.3 Å². The highest BCUT2D eigenvalue weighted by Gasteiger charge is 2.09. The topological polar surface area (TPSA) is 104 Å². The molecule has 1 rings (SSSR count). The van der Waals surface area contributed by atoms with E-state index in [0.29, 0.717) is 11.5 Å². The van der Waals surface area contributed by atoms with Crippen molar-refractivity contribution in [3.05, 3.63) is 11.5 Å². The summed E-state index contributed by atoms with van der Waals surface area (Å²) in [7, 11) is 0. The summed E-state index contributed by atoms with van der Waals surface area (Å²) in [6, 6.07) is -0.511. The smallest absolute Gasteiger partial charge is 0.224 e. The van der Waals surface area contributed by atoms with Crippen LogP contribution in [-0.2, 0) is 0 Å². The van der Waals surface area contributed by atoms with Gasteiger partial charge in [0.25, 0.3) is 0 Å². The maximum atomic E-state index is 8.81. The zero-order chi connectivity index (χ0) is 10.6. The maximum absolute atomic E-state index is 8.81. The first-order valence-electron chi connectivity index (χ1n) is 3.93. The van der Waals surface area contributed by atoms with Gasteiger partial charge in [-0.2, -0.15) is 4.98 Å². The van der Waals surface area contributed by atoms with Crippen molar-refractivity contribution in [2.75, 3.05) is 24.3 Å². The minimum absolute atomic E-state index is 0.0522. The predicted molar refractivity (Wildman–Crippen MR) is 53.0 cm³/mol. The van der Waals surface area contributed by atoms with E-state index in [-0.39, 0.29) is 18.5 Å². The number of aliphatic hydroxyl groups excluding tert-OH is 2. The molecular formula is C7H11ClN4O2. The molecule has 78 valence electrons. The van der Waals surface area contributed by atoms with Gasteiger partial charge in [0.1, 0.15) is 0 Å². The average molecular weight is 219 g/mol. The average Bonchev–Trinajstić information content (AvgIpc) is 2.19. The van der Waals surface area contributed by atoms with Crippen molar-refractivity contribution < 1.29 is 10.2 Å². The van der Waals surface area contributed by atoms with Gasteiger partial charge in [-0.25, -0.2) is 4.98 Å². The molecule has 0 saturated heterocycles. The van der Waals surface area contributed by atoms with Gasteiger partial charge in [-0.1, -0.05) is 0 Å². The molecule has 0 aliphatic rings. The molecule has 0 bridgehead atoms. The van der Waals surface area contributed by atoms with Crippen LogP contribution in [0.1, 0.15) is 0 Å². The minimum Gasteiger partial charge on any atom is -0.394 e. The highest BCUT2D eigenvalue weighted by Crippen LogP contribution is 2.16. The molecule has 0 fully saturated rings. The van der Waals surface area contributed by atoms with Crippen LogP contribution in [0.4, 0.5) is 11.5 Å². The fraction of sp³-hybridized carbons (Fsp3) is 0.429. The summed E-state index contributed by atoms with van der Waals surface area (Å²) in [5.74, 6) is 0.304. The largest absolute Gasteiger partial charge is 0.394 e. The zero-order valence-electron chi connectivity index (χ0n) is 7.31. The Bertz CT molecular complexity index is 306. The number of nitrogens with zero attached hydrogens (tertiary/aromatic N) is 2. The summed E-state index contributed by atoms with van der Waals surface area (Å²) in [5, 5.41) is 20.4. The van der Waals surface area contributed by atoms with E-state index in [4.69, 9.17) is 27.5 Å². The summed E-state index contributed by atoms with van der Waals surface area (Å²) in [5.41, 5.74) is 5.84. The van der Waals surface area contributed by atoms with Crippen molar-refractivity contribution in [3.63, 3.8) is 0 Å². The number of anilines is 2. The second kappa shape index (κ2) is 4.94. The van der Waals surface area contributed by atoms with Crippen LogP contribution in [0.5, 0.6) is 0 Å². The number of hydrogen-bond acceptors (Lipinski definition) is 6. The van der Waals surface area contributed by atoms with Crippen molar-refractivity contribution >= 4 is 23.1 Å². The molecule has 0 aliphatic carbocycles. The van der Waals surface area contributed by atoms with Crippen LogP contribution >= 0.6 is 11.6 Å². The van der Waals surface area contributed by atoms with Gasteiger partial charge in [-0.3, -0.25) is 0 Å². The molecule has 6 nitrogen and oxygen atoms in total. The molecule has 0 radical (unpaired) electrons. The summed E-state index contributed by atoms with van der Waals surface area (Å²) >= 11 is 5.54. The third-order valence-corrected chi connectivity index (χ3v) is 1.75. The zero-order valence-corrected chi connectivity index (χ0v) is 8.07. The molecular weight excluding hydrogens is 208 g/mol. The molecule has 0 spiro atoms. The van der Waals surface area contributed by atoms with E-state index < -0.39 is 6.04 Å². The lowest BCUT2D eigenvalue weighted by Crippen LogP contribution is -2.28. The van der Waals surface area contributed by atoms with Gasteiger partial charge in [-0.15, -0.1) is 0 Å². The van der Waals surface area contributed by atoms with Crippen LogP contribution in [-0.4, -0.2) is 39.4 Å². The van der Waals surface area contributed by atoms with Crippen LogP contribution in [0.2, 0.25) is 5.28 Å². The first-order chi connectivity index (χ1) is 6.67. The van der Waals surface area contributed by atoms with Gasteiger partial charge in [0, 0.05) is 0 Å². The quantitative estimate of drug-likeness (QED) is 0.507. The van der Waals surface area contributed by atoms with Crippen LogP contribution in [0.15, 0.2) is 6.20 Å². The number of nitrogens with two attached hydrogens (primary N) is 1. The van der Waals surface area contributed by atoms with Gasteiger partial charge in [0.2, 0.25) is 5.28 Å². The Labute approximate surface area is 85.7 Å². The van der Waals surface area contributed by atoms with E-state index in [9.17, 15) is 0 Å². The monoisotopic (exact) mass is 218 g/mol. The first kappa shape index (κ1) is 11.0. The van der Waals surface area contributed by atoms with Crippen molar-refractivity contribution in [1.29, 1.82) is 0 Å². The Morgan fingerprint density at radius 3 is 2.71 bits per heavy atom. The Hall–Kier alpha value is -1.11. The minimum atomic E-state index is -0.511. The second-order valence-electron chi connectivity index (χ2n) is 2.65. The number of nitrogen functional groups attached to an aromatic ring is 1. The first-order valence-corrected chi connectivity index (χ1v) is 4.31. The molecule has 7 heteroatoms. The molecule has 0 aromatic carbocycles. The fourth-order valence-electron chi connectivity index (χ4n) is 0.828. The number of aliphatic hydroxyl groups is 2. The Balaban J connectivity index is 2.79. The van der Waals surface area contributed by atoms with E-state index in [2.05, 4.69) is 15.3 Å². The van der Waals surface area contributed by atoms with Crippen molar-refractivity contribution in [3.8, 4) is 0 Å². The number of rotatable bonds is 4. The third-order valence-electron chi connectivity index (χ3n) is 1.57. The van der Waals surface area contributed by atoms with Crippen LogP contribution < -0.4 is 11.1 Å². The number of hydrogen-bond donors (Lipinski definition) is 4. The van der Waals surface area contributed by atoms with E-state index in [0.717, 1.165) is 0 Å². The normalized spacial score (nSPS) is 10.6. The Morgan fingerprint density at radius 1 is 1.50 bits per heavy atom. The molecule has 0 atom stereocenters. The lowest BCUT2D eigenvalue weighted by Gasteiger charge is -2.14. The lowest BCUT2D eigenvalue weighted by atomic mass is 10.3. The highest BCUT2D eigenvalue weighted by molar-refractivity contribution is 6.28. The molecule has 0 unspecified atom stereocenters. The molecule has 0 amide bonds. The molecule has 0 aliphatic heterocycles. The molecule has 1 aromatic rings. The van der Waals surface area contributed by atoms with E-state index in [1.54, 1.807) is 0 Å². The van der Waals surface area contributed by atoms with E-state index >= 15 is 0 Å². The summed E-state index contributed by atoms with van der Waals surface area (Å²) in [4.78, 5) is 7.47. The van der Waals surface area contributed by atoms with Gasteiger partial charge in [-0.05, 0) is 11.6 Å². The summed E-state index contributed by atoms with van der Waals surface area (Å²) in [6.45, 7) is -0.449. The highest BCUT2D eigenvalue weighted by atomic mass is 35.5. The van der Waals surface area contributed by atoms with Crippen LogP contribution in [0.25, 0.3) is 0 Å². The number of halogens is 1. The predicted octanol–water partition coefficient (Wildman–Crippen LogP) is -0.523. The van der Waals surface area contributed by atoms with E-state index in [1.165, 1.54) is 6.20 Å². The summed E-state index contributed by atoms with van der Waals surface area (Å²) in [6.07, 6.45) is 1.35. The standard InChI is InChI=1S/C7H11ClN4O2/c8-7-10-1-5(9)6(12-7)11-4(2-13)3-14/h1,4,13-14H,2-3,9H2,(H,10,11,12).